The predicted molar refractivity (Wildman–Crippen MR) is 69.3 cm³/mol. The summed E-state index contributed by atoms with van der Waals surface area (Å²) >= 11 is 3.00. The highest BCUT2D eigenvalue weighted by molar-refractivity contribution is 9.10. The zero-order valence-electron chi connectivity index (χ0n) is 10.2. The van der Waals surface area contributed by atoms with Crippen LogP contribution in [0.5, 0.6) is 0 Å². The van der Waals surface area contributed by atoms with Crippen molar-refractivity contribution in [2.75, 3.05) is 0 Å². The molecule has 2 aromatic rings. The molecule has 7 heteroatoms. The summed E-state index contributed by atoms with van der Waals surface area (Å²) in [6.45, 7) is 1.93. The van der Waals surface area contributed by atoms with Gasteiger partial charge in [0.25, 0.3) is 5.89 Å². The summed E-state index contributed by atoms with van der Waals surface area (Å²) in [4.78, 5) is 3.97. The second-order valence-electron chi connectivity index (χ2n) is 4.13. The molecule has 2 N–H and O–H groups in total. The first-order valence-electron chi connectivity index (χ1n) is 5.74. The van der Waals surface area contributed by atoms with Crippen molar-refractivity contribution in [3.05, 3.63) is 34.1 Å². The van der Waals surface area contributed by atoms with Crippen LogP contribution in [0.1, 0.15) is 19.2 Å². The monoisotopic (exact) mass is 331 g/mol. The van der Waals surface area contributed by atoms with Crippen LogP contribution in [0.15, 0.2) is 21.1 Å². The lowest BCUT2D eigenvalue weighted by Crippen LogP contribution is -2.21. The van der Waals surface area contributed by atoms with Gasteiger partial charge in [-0.1, -0.05) is 28.0 Å². The molecule has 0 aliphatic heterocycles. The van der Waals surface area contributed by atoms with Gasteiger partial charge in [0.1, 0.15) is 17.2 Å². The lowest BCUT2D eigenvalue weighted by molar-refractivity contribution is 0.414. The maximum absolute atomic E-state index is 13.7. The number of rotatable bonds is 4. The van der Waals surface area contributed by atoms with Crippen molar-refractivity contribution in [2.45, 2.75) is 25.8 Å². The summed E-state index contributed by atoms with van der Waals surface area (Å²) in [5.74, 6) is -1.37. The largest absolute Gasteiger partial charge is 0.334 e. The Hall–Kier alpha value is -1.34. The second-order valence-corrected chi connectivity index (χ2v) is 5.05. The number of hydrogen-bond acceptors (Lipinski definition) is 4. The smallest absolute Gasteiger partial charge is 0.263 e. The summed E-state index contributed by atoms with van der Waals surface area (Å²) in [5.41, 5.74) is 5.43. The molecule has 1 aromatic heterocycles. The van der Waals surface area contributed by atoms with Crippen molar-refractivity contribution < 1.29 is 13.3 Å². The van der Waals surface area contributed by atoms with E-state index in [9.17, 15) is 8.78 Å². The normalized spacial score (nSPS) is 12.7. The second kappa shape index (κ2) is 5.75. The molecule has 0 aliphatic rings. The fraction of sp³-hybridized carbons (Fsp3) is 0.333. The van der Waals surface area contributed by atoms with Crippen molar-refractivity contribution >= 4 is 15.9 Å². The van der Waals surface area contributed by atoms with E-state index >= 15 is 0 Å². The highest BCUT2D eigenvalue weighted by Gasteiger charge is 2.19. The molecule has 0 fully saturated rings. The Morgan fingerprint density at radius 3 is 2.58 bits per heavy atom. The summed E-state index contributed by atoms with van der Waals surface area (Å²) in [6.07, 6.45) is 1.16. The third kappa shape index (κ3) is 3.16. The van der Waals surface area contributed by atoms with Gasteiger partial charge in [0.15, 0.2) is 5.82 Å². The van der Waals surface area contributed by atoms with E-state index in [0.717, 1.165) is 18.6 Å². The number of benzene rings is 1. The van der Waals surface area contributed by atoms with Gasteiger partial charge in [-0.15, -0.1) is 0 Å². The molecule has 102 valence electrons. The standard InChI is InChI=1S/C12H12BrF2N3O/c1-2-7(16)5-10-17-12(19-18-10)11-8(14)3-6(13)4-9(11)15/h3-4,7H,2,5,16H2,1H3. The zero-order chi connectivity index (χ0) is 14.0. The van der Waals surface area contributed by atoms with Crippen LogP contribution in [0.2, 0.25) is 0 Å². The average molecular weight is 332 g/mol. The minimum Gasteiger partial charge on any atom is -0.334 e. The molecule has 0 saturated carbocycles. The Morgan fingerprint density at radius 1 is 1.37 bits per heavy atom. The van der Waals surface area contributed by atoms with Gasteiger partial charge in [-0.25, -0.2) is 8.78 Å². The average Bonchev–Trinajstić information content (AvgIpc) is 2.75. The fourth-order valence-corrected chi connectivity index (χ4v) is 1.97. The Labute approximate surface area is 117 Å². The molecule has 1 atom stereocenters. The first kappa shape index (κ1) is 14.1. The first-order chi connectivity index (χ1) is 9.01. The van der Waals surface area contributed by atoms with Crippen molar-refractivity contribution in [3.8, 4) is 11.5 Å². The van der Waals surface area contributed by atoms with E-state index < -0.39 is 11.6 Å². The number of nitrogens with zero attached hydrogens (tertiary/aromatic N) is 2. The molecular formula is C12H12BrF2N3O. The molecule has 0 saturated heterocycles. The molecule has 0 bridgehead atoms. The van der Waals surface area contributed by atoms with Crippen LogP contribution in [0, 0.1) is 11.6 Å². The molecule has 0 radical (unpaired) electrons. The topological polar surface area (TPSA) is 64.9 Å². The predicted octanol–water partition coefficient (Wildman–Crippen LogP) is 3.06. The van der Waals surface area contributed by atoms with Crippen LogP contribution in [0.25, 0.3) is 11.5 Å². The molecule has 0 amide bonds. The number of hydrogen-bond donors (Lipinski definition) is 1. The van der Waals surface area contributed by atoms with Crippen LogP contribution in [0.4, 0.5) is 8.78 Å². The number of nitrogens with two attached hydrogens (primary N) is 1. The third-order valence-corrected chi connectivity index (χ3v) is 3.12. The summed E-state index contributed by atoms with van der Waals surface area (Å²) in [5, 5.41) is 3.67. The van der Waals surface area contributed by atoms with Crippen LogP contribution in [-0.4, -0.2) is 16.2 Å². The van der Waals surface area contributed by atoms with Gasteiger partial charge < -0.3 is 10.3 Å². The quantitative estimate of drug-likeness (QED) is 0.935. The maximum Gasteiger partial charge on any atom is 0.263 e. The Balaban J connectivity index is 2.33. The third-order valence-electron chi connectivity index (χ3n) is 2.66. The van der Waals surface area contributed by atoms with E-state index in [4.69, 9.17) is 10.3 Å². The number of halogens is 3. The molecule has 1 heterocycles. The van der Waals surface area contributed by atoms with E-state index in [2.05, 4.69) is 26.1 Å². The van der Waals surface area contributed by atoms with Crippen molar-refractivity contribution in [1.29, 1.82) is 0 Å². The number of aromatic nitrogens is 2. The molecule has 4 nitrogen and oxygen atoms in total. The molecule has 1 unspecified atom stereocenters. The molecule has 1 aromatic carbocycles. The van der Waals surface area contributed by atoms with Gasteiger partial charge in [-0.3, -0.25) is 0 Å². The van der Waals surface area contributed by atoms with Crippen LogP contribution >= 0.6 is 15.9 Å². The van der Waals surface area contributed by atoms with Crippen molar-refractivity contribution in [2.24, 2.45) is 5.73 Å². The van der Waals surface area contributed by atoms with Gasteiger partial charge in [0.2, 0.25) is 0 Å². The molecule has 0 aliphatic carbocycles. The Morgan fingerprint density at radius 2 is 2.00 bits per heavy atom. The SMILES string of the molecule is CCC(N)Cc1noc(-c2c(F)cc(Br)cc2F)n1. The molecule has 0 spiro atoms. The van der Waals surface area contributed by atoms with Crippen molar-refractivity contribution in [3.63, 3.8) is 0 Å². The minimum atomic E-state index is -0.762. The summed E-state index contributed by atoms with van der Waals surface area (Å²) in [6, 6.07) is 2.17. The highest BCUT2D eigenvalue weighted by Crippen LogP contribution is 2.27. The van der Waals surface area contributed by atoms with E-state index in [1.165, 1.54) is 0 Å². The van der Waals surface area contributed by atoms with E-state index in [1.54, 1.807) is 0 Å². The minimum absolute atomic E-state index is 0.106. The first-order valence-corrected chi connectivity index (χ1v) is 6.53. The zero-order valence-corrected chi connectivity index (χ0v) is 11.7. The van der Waals surface area contributed by atoms with Gasteiger partial charge >= 0.3 is 0 Å². The van der Waals surface area contributed by atoms with Crippen LogP contribution in [-0.2, 0) is 6.42 Å². The summed E-state index contributed by atoms with van der Waals surface area (Å²) < 4.78 is 32.6. The lowest BCUT2D eigenvalue weighted by Gasteiger charge is -2.03. The lowest BCUT2D eigenvalue weighted by atomic mass is 10.1. The van der Waals surface area contributed by atoms with Gasteiger partial charge in [0.05, 0.1) is 0 Å². The van der Waals surface area contributed by atoms with Gasteiger partial charge in [-0.2, -0.15) is 4.98 Å². The van der Waals surface area contributed by atoms with E-state index in [0.29, 0.717) is 16.7 Å². The van der Waals surface area contributed by atoms with Gasteiger partial charge in [-0.05, 0) is 18.6 Å². The highest BCUT2D eigenvalue weighted by atomic mass is 79.9. The van der Waals surface area contributed by atoms with E-state index in [-0.39, 0.29) is 17.5 Å². The van der Waals surface area contributed by atoms with E-state index in [1.807, 2.05) is 6.92 Å². The van der Waals surface area contributed by atoms with Crippen LogP contribution in [0.3, 0.4) is 0 Å². The summed E-state index contributed by atoms with van der Waals surface area (Å²) in [7, 11) is 0. The Bertz CT molecular complexity index is 565. The fourth-order valence-electron chi connectivity index (χ4n) is 1.56. The van der Waals surface area contributed by atoms with Crippen molar-refractivity contribution in [1.82, 2.24) is 10.1 Å². The maximum atomic E-state index is 13.7. The molecule has 19 heavy (non-hydrogen) atoms. The molecular weight excluding hydrogens is 320 g/mol. The molecule has 2 rings (SSSR count). The Kier molecular flexibility index (Phi) is 4.26. The van der Waals surface area contributed by atoms with Gasteiger partial charge in [0, 0.05) is 16.9 Å². The van der Waals surface area contributed by atoms with Crippen LogP contribution < -0.4 is 5.73 Å².